The molecule has 2 fully saturated rings. The highest BCUT2D eigenvalue weighted by Gasteiger charge is 2.37. The molecule has 9 heteroatoms. The highest BCUT2D eigenvalue weighted by Crippen LogP contribution is 2.28. The maximum Gasteiger partial charge on any atom is 0.228 e. The summed E-state index contributed by atoms with van der Waals surface area (Å²) in [7, 11) is 4.64. The second-order valence-corrected chi connectivity index (χ2v) is 9.25. The van der Waals surface area contributed by atoms with E-state index in [1.54, 1.807) is 25.2 Å². The van der Waals surface area contributed by atoms with Gasteiger partial charge in [0, 0.05) is 52.2 Å². The Morgan fingerprint density at radius 1 is 0.917 bits per heavy atom. The zero-order valence-electron chi connectivity index (χ0n) is 21.2. The second kappa shape index (κ2) is 11.6. The largest absolute Gasteiger partial charge is 0.494 e. The number of halogens is 1. The molecule has 2 aromatic carbocycles. The molecule has 2 aliphatic rings. The Labute approximate surface area is 211 Å². The molecule has 0 aromatic heterocycles. The molecule has 2 saturated heterocycles. The van der Waals surface area contributed by atoms with E-state index in [0.717, 1.165) is 11.1 Å². The molecule has 0 radical (unpaired) electrons. The van der Waals surface area contributed by atoms with Crippen LogP contribution in [0.2, 0.25) is 0 Å². The molecule has 0 spiro atoms. The van der Waals surface area contributed by atoms with Crippen molar-refractivity contribution in [3.8, 4) is 17.2 Å². The van der Waals surface area contributed by atoms with Crippen molar-refractivity contribution in [3.05, 3.63) is 53.3 Å². The van der Waals surface area contributed by atoms with Crippen LogP contribution >= 0.6 is 0 Å². The Bertz CT molecular complexity index is 1090. The molecule has 0 bridgehead atoms. The van der Waals surface area contributed by atoms with Gasteiger partial charge in [0.15, 0.2) is 23.1 Å². The lowest BCUT2D eigenvalue weighted by Gasteiger charge is -2.36. The highest BCUT2D eigenvalue weighted by molar-refractivity contribution is 5.89. The van der Waals surface area contributed by atoms with Crippen molar-refractivity contribution in [2.45, 2.75) is 19.4 Å². The predicted molar refractivity (Wildman–Crippen MR) is 133 cm³/mol. The molecule has 2 aliphatic heterocycles. The van der Waals surface area contributed by atoms with E-state index in [2.05, 4.69) is 4.90 Å². The van der Waals surface area contributed by atoms with Gasteiger partial charge < -0.3 is 24.0 Å². The minimum atomic E-state index is -0.370. The summed E-state index contributed by atoms with van der Waals surface area (Å²) in [6, 6.07) is 10.7. The molecule has 36 heavy (non-hydrogen) atoms. The smallest absolute Gasteiger partial charge is 0.228 e. The Hall–Kier alpha value is -3.33. The first-order chi connectivity index (χ1) is 17.4. The van der Waals surface area contributed by atoms with Crippen LogP contribution in [0.5, 0.6) is 17.2 Å². The zero-order chi connectivity index (χ0) is 25.7. The number of carbonyl (C=O) groups excluding carboxylic acids is 2. The van der Waals surface area contributed by atoms with Gasteiger partial charge in [-0.2, -0.15) is 0 Å². The second-order valence-electron chi connectivity index (χ2n) is 9.25. The van der Waals surface area contributed by atoms with Crippen molar-refractivity contribution < 1.29 is 28.2 Å². The van der Waals surface area contributed by atoms with Gasteiger partial charge in [-0.3, -0.25) is 14.5 Å². The molecule has 2 heterocycles. The molecule has 1 unspecified atom stereocenters. The minimum absolute atomic E-state index is 0.0222. The van der Waals surface area contributed by atoms with Gasteiger partial charge in [-0.25, -0.2) is 4.39 Å². The molecule has 2 aromatic rings. The van der Waals surface area contributed by atoms with Gasteiger partial charge in [0.05, 0.1) is 27.2 Å². The Morgan fingerprint density at radius 2 is 1.58 bits per heavy atom. The Balaban J connectivity index is 1.25. The first-order valence-electron chi connectivity index (χ1n) is 12.2. The number of nitrogens with zero attached hydrogens (tertiary/aromatic N) is 3. The van der Waals surface area contributed by atoms with E-state index in [4.69, 9.17) is 14.2 Å². The number of amides is 2. The number of rotatable bonds is 9. The van der Waals surface area contributed by atoms with E-state index < -0.39 is 0 Å². The van der Waals surface area contributed by atoms with Crippen molar-refractivity contribution in [3.63, 3.8) is 0 Å². The number of ether oxygens (including phenoxy) is 3. The normalized spacial score (nSPS) is 18.4. The first-order valence-corrected chi connectivity index (χ1v) is 12.2. The van der Waals surface area contributed by atoms with E-state index in [1.165, 1.54) is 13.2 Å². The molecule has 0 aliphatic carbocycles. The van der Waals surface area contributed by atoms with Crippen LogP contribution in [-0.2, 0) is 22.6 Å². The van der Waals surface area contributed by atoms with Crippen molar-refractivity contribution in [2.75, 3.05) is 60.6 Å². The number of hydrogen-bond donors (Lipinski definition) is 0. The van der Waals surface area contributed by atoms with E-state index in [1.807, 2.05) is 29.2 Å². The van der Waals surface area contributed by atoms with E-state index in [-0.39, 0.29) is 35.7 Å². The van der Waals surface area contributed by atoms with E-state index >= 15 is 0 Å². The van der Waals surface area contributed by atoms with Crippen LogP contribution in [0.3, 0.4) is 0 Å². The summed E-state index contributed by atoms with van der Waals surface area (Å²) < 4.78 is 29.6. The fourth-order valence-corrected chi connectivity index (χ4v) is 4.90. The monoisotopic (exact) mass is 499 g/mol. The number of piperazine rings is 1. The summed E-state index contributed by atoms with van der Waals surface area (Å²) in [5.74, 6) is 0.960. The minimum Gasteiger partial charge on any atom is -0.494 e. The molecular weight excluding hydrogens is 465 g/mol. The predicted octanol–water partition coefficient (Wildman–Crippen LogP) is 2.59. The van der Waals surface area contributed by atoms with Crippen molar-refractivity contribution in [1.82, 2.24) is 14.7 Å². The molecule has 4 rings (SSSR count). The van der Waals surface area contributed by atoms with Crippen LogP contribution in [0.15, 0.2) is 36.4 Å². The zero-order valence-corrected chi connectivity index (χ0v) is 21.2. The third-order valence-corrected chi connectivity index (χ3v) is 6.99. The summed E-state index contributed by atoms with van der Waals surface area (Å²) in [6.07, 6.45) is 0.938. The highest BCUT2D eigenvalue weighted by atomic mass is 19.1. The van der Waals surface area contributed by atoms with Crippen LogP contribution in [0.4, 0.5) is 4.39 Å². The van der Waals surface area contributed by atoms with Gasteiger partial charge in [-0.15, -0.1) is 0 Å². The summed E-state index contributed by atoms with van der Waals surface area (Å²) in [5.41, 5.74) is 1.92. The number of hydrogen-bond acceptors (Lipinski definition) is 6. The third-order valence-electron chi connectivity index (χ3n) is 6.99. The van der Waals surface area contributed by atoms with Gasteiger partial charge in [0.25, 0.3) is 0 Å². The molecule has 8 nitrogen and oxygen atoms in total. The number of likely N-dealkylation sites (tertiary alicyclic amines) is 1. The average molecular weight is 500 g/mol. The maximum atomic E-state index is 14.0. The van der Waals surface area contributed by atoms with Crippen LogP contribution in [0.25, 0.3) is 0 Å². The van der Waals surface area contributed by atoms with Gasteiger partial charge in [-0.1, -0.05) is 12.1 Å². The lowest BCUT2D eigenvalue weighted by molar-refractivity contribution is -0.137. The fourth-order valence-electron chi connectivity index (χ4n) is 4.90. The lowest BCUT2D eigenvalue weighted by Crippen LogP contribution is -2.50. The molecular formula is C27H34FN3O5. The van der Waals surface area contributed by atoms with Gasteiger partial charge in [-0.05, 0) is 41.8 Å². The summed E-state index contributed by atoms with van der Waals surface area (Å²) in [5, 5.41) is 0. The molecule has 194 valence electrons. The molecule has 1 atom stereocenters. The quantitative estimate of drug-likeness (QED) is 0.528. The van der Waals surface area contributed by atoms with Gasteiger partial charge >= 0.3 is 0 Å². The third kappa shape index (κ3) is 5.90. The van der Waals surface area contributed by atoms with Crippen LogP contribution in [0.1, 0.15) is 17.5 Å². The van der Waals surface area contributed by atoms with Crippen molar-refractivity contribution >= 4 is 11.8 Å². The van der Waals surface area contributed by atoms with Gasteiger partial charge in [0.2, 0.25) is 11.8 Å². The number of carbonyl (C=O) groups is 2. The lowest BCUT2D eigenvalue weighted by atomic mass is 10.1. The topological polar surface area (TPSA) is 71.6 Å². The Morgan fingerprint density at radius 3 is 2.25 bits per heavy atom. The van der Waals surface area contributed by atoms with E-state index in [0.29, 0.717) is 63.7 Å². The van der Waals surface area contributed by atoms with Crippen molar-refractivity contribution in [2.24, 2.45) is 5.92 Å². The van der Waals surface area contributed by atoms with Crippen molar-refractivity contribution in [1.29, 1.82) is 0 Å². The fraction of sp³-hybridized carbons (Fsp3) is 0.481. The molecule has 2 amide bonds. The number of benzene rings is 2. The summed E-state index contributed by atoms with van der Waals surface area (Å²) in [4.78, 5) is 31.6. The SMILES string of the molecule is COc1ccc(CN2CCN(C(=O)C3CC(=O)N(CCc4ccc(OC)c(OC)c4)C3)CC2)cc1F. The van der Waals surface area contributed by atoms with Crippen LogP contribution < -0.4 is 14.2 Å². The van der Waals surface area contributed by atoms with E-state index in [9.17, 15) is 14.0 Å². The Kier molecular flexibility index (Phi) is 8.30. The standard InChI is InChI=1S/C27H34FN3O5/c1-34-23-6-5-20(14-22(23)28)17-29-10-12-30(13-11-29)27(33)21-16-26(32)31(18-21)9-8-19-4-7-24(35-2)25(15-19)36-3/h4-7,14-15,21H,8-13,16-18H2,1-3H3. The summed E-state index contributed by atoms with van der Waals surface area (Å²) in [6.45, 7) is 4.27. The summed E-state index contributed by atoms with van der Waals surface area (Å²) >= 11 is 0. The van der Waals surface area contributed by atoms with Crippen LogP contribution in [0, 0.1) is 11.7 Å². The number of methoxy groups -OCH3 is 3. The molecule has 0 saturated carbocycles. The van der Waals surface area contributed by atoms with Gasteiger partial charge in [0.1, 0.15) is 0 Å². The average Bonchev–Trinajstić information content (AvgIpc) is 3.27. The molecule has 0 N–H and O–H groups in total. The van der Waals surface area contributed by atoms with Crippen LogP contribution in [-0.4, -0.2) is 87.1 Å². The maximum absolute atomic E-state index is 14.0. The first kappa shape index (κ1) is 25.8.